The van der Waals surface area contributed by atoms with Crippen molar-refractivity contribution >= 4 is 29.1 Å². The number of amides is 1. The van der Waals surface area contributed by atoms with Crippen LogP contribution in [0.25, 0.3) is 0 Å². The molecule has 1 aromatic carbocycles. The van der Waals surface area contributed by atoms with Crippen LogP contribution in [0, 0.1) is 12.7 Å². The van der Waals surface area contributed by atoms with Gasteiger partial charge in [0.15, 0.2) is 0 Å². The first kappa shape index (κ1) is 18.5. The second-order valence-corrected chi connectivity index (χ2v) is 6.61. The van der Waals surface area contributed by atoms with E-state index in [4.69, 9.17) is 11.6 Å². The lowest BCUT2D eigenvalue weighted by Crippen LogP contribution is -2.47. The molecule has 26 heavy (non-hydrogen) atoms. The molecule has 0 unspecified atom stereocenters. The van der Waals surface area contributed by atoms with Gasteiger partial charge in [-0.2, -0.15) is 0 Å². The maximum atomic E-state index is 13.2. The maximum Gasteiger partial charge on any atom is 0.274 e. The van der Waals surface area contributed by atoms with Crippen LogP contribution in [0.2, 0.25) is 5.02 Å². The van der Waals surface area contributed by atoms with Gasteiger partial charge in [0.2, 0.25) is 5.95 Å². The van der Waals surface area contributed by atoms with Crippen molar-refractivity contribution < 1.29 is 9.18 Å². The van der Waals surface area contributed by atoms with Gasteiger partial charge in [-0.25, -0.2) is 14.4 Å². The molecule has 0 aliphatic carbocycles. The number of piperazine rings is 1. The molecule has 1 N–H and O–H groups in total. The number of carbonyl (C=O) groups excluding carboxylic acids is 1. The van der Waals surface area contributed by atoms with Crippen LogP contribution in [0.15, 0.2) is 24.3 Å². The topological polar surface area (TPSA) is 61.4 Å². The fourth-order valence-corrected chi connectivity index (χ4v) is 3.02. The van der Waals surface area contributed by atoms with Crippen molar-refractivity contribution in [3.05, 3.63) is 46.5 Å². The highest BCUT2D eigenvalue weighted by molar-refractivity contribution is 6.31. The van der Waals surface area contributed by atoms with Gasteiger partial charge in [0.1, 0.15) is 11.5 Å². The number of anilines is 2. The molecule has 0 spiro atoms. The molecule has 1 saturated heterocycles. The standard InChI is InChI=1S/C18H21ClFN5O/c1-3-24-6-8-25(9-7-24)18-21-12(2)10-16(23-18)17(26)22-13-4-5-15(20)14(19)11-13/h4-5,10-11H,3,6-9H2,1-2H3,(H,22,26). The van der Waals surface area contributed by atoms with E-state index in [0.29, 0.717) is 11.6 Å². The van der Waals surface area contributed by atoms with Crippen molar-refractivity contribution in [2.45, 2.75) is 13.8 Å². The quantitative estimate of drug-likeness (QED) is 0.887. The number of likely N-dealkylation sites (N-methyl/N-ethyl adjacent to an activating group) is 1. The molecule has 138 valence electrons. The SMILES string of the molecule is CCN1CCN(c2nc(C)cc(C(=O)Nc3ccc(F)c(Cl)c3)n2)CC1. The average Bonchev–Trinajstić information content (AvgIpc) is 2.64. The summed E-state index contributed by atoms with van der Waals surface area (Å²) in [6.07, 6.45) is 0. The Morgan fingerprint density at radius 1 is 1.23 bits per heavy atom. The van der Waals surface area contributed by atoms with Gasteiger partial charge in [0, 0.05) is 37.6 Å². The molecular formula is C18H21ClFN5O. The normalized spacial score (nSPS) is 15.2. The zero-order chi connectivity index (χ0) is 18.7. The van der Waals surface area contributed by atoms with Crippen LogP contribution in [0.4, 0.5) is 16.0 Å². The highest BCUT2D eigenvalue weighted by Gasteiger charge is 2.20. The fraction of sp³-hybridized carbons (Fsp3) is 0.389. The third kappa shape index (κ3) is 4.28. The molecule has 1 aromatic heterocycles. The highest BCUT2D eigenvalue weighted by Crippen LogP contribution is 2.20. The van der Waals surface area contributed by atoms with E-state index in [2.05, 4.69) is 32.0 Å². The Bertz CT molecular complexity index is 808. The van der Waals surface area contributed by atoms with Crippen LogP contribution in [-0.4, -0.2) is 53.5 Å². The van der Waals surface area contributed by atoms with Crippen molar-refractivity contribution in [1.82, 2.24) is 14.9 Å². The van der Waals surface area contributed by atoms with Gasteiger partial charge in [-0.3, -0.25) is 4.79 Å². The lowest BCUT2D eigenvalue weighted by Gasteiger charge is -2.34. The summed E-state index contributed by atoms with van der Waals surface area (Å²) in [5.41, 5.74) is 1.40. The zero-order valence-corrected chi connectivity index (χ0v) is 15.6. The predicted octanol–water partition coefficient (Wildman–Crippen LogP) is 2.97. The molecular weight excluding hydrogens is 357 g/mol. The van der Waals surface area contributed by atoms with E-state index in [1.54, 1.807) is 6.07 Å². The monoisotopic (exact) mass is 377 g/mol. The van der Waals surface area contributed by atoms with Gasteiger partial charge in [0.25, 0.3) is 5.91 Å². The molecule has 8 heteroatoms. The first-order valence-electron chi connectivity index (χ1n) is 8.55. The fourth-order valence-electron chi connectivity index (χ4n) is 2.84. The predicted molar refractivity (Wildman–Crippen MR) is 100 cm³/mol. The summed E-state index contributed by atoms with van der Waals surface area (Å²) in [5.74, 6) is -0.356. The van der Waals surface area contributed by atoms with E-state index < -0.39 is 5.82 Å². The molecule has 0 bridgehead atoms. The molecule has 1 fully saturated rings. The lowest BCUT2D eigenvalue weighted by molar-refractivity contribution is 0.102. The molecule has 1 aliphatic heterocycles. The van der Waals surface area contributed by atoms with Crippen LogP contribution < -0.4 is 10.2 Å². The Morgan fingerprint density at radius 2 is 1.96 bits per heavy atom. The van der Waals surface area contributed by atoms with E-state index in [-0.39, 0.29) is 16.6 Å². The number of benzene rings is 1. The van der Waals surface area contributed by atoms with Crippen molar-refractivity contribution in [2.24, 2.45) is 0 Å². The minimum absolute atomic E-state index is 0.0452. The highest BCUT2D eigenvalue weighted by atomic mass is 35.5. The molecule has 6 nitrogen and oxygen atoms in total. The second-order valence-electron chi connectivity index (χ2n) is 6.20. The number of rotatable bonds is 4. The smallest absolute Gasteiger partial charge is 0.274 e. The number of carbonyl (C=O) groups is 1. The zero-order valence-electron chi connectivity index (χ0n) is 14.8. The van der Waals surface area contributed by atoms with Crippen LogP contribution in [0.5, 0.6) is 0 Å². The number of nitrogens with zero attached hydrogens (tertiary/aromatic N) is 4. The van der Waals surface area contributed by atoms with E-state index in [9.17, 15) is 9.18 Å². The Hall–Kier alpha value is -2.25. The first-order chi connectivity index (χ1) is 12.5. The molecule has 2 aromatic rings. The van der Waals surface area contributed by atoms with Crippen molar-refractivity contribution in [2.75, 3.05) is 42.9 Å². The van der Waals surface area contributed by atoms with E-state index >= 15 is 0 Å². The average molecular weight is 378 g/mol. The van der Waals surface area contributed by atoms with Gasteiger partial charge in [-0.1, -0.05) is 18.5 Å². The summed E-state index contributed by atoms with van der Waals surface area (Å²) >= 11 is 5.76. The number of hydrogen-bond donors (Lipinski definition) is 1. The number of halogens is 2. The van der Waals surface area contributed by atoms with E-state index in [0.717, 1.165) is 38.4 Å². The molecule has 1 aliphatic rings. The summed E-state index contributed by atoms with van der Waals surface area (Å²) < 4.78 is 13.2. The maximum absolute atomic E-state index is 13.2. The van der Waals surface area contributed by atoms with Crippen molar-refractivity contribution in [1.29, 1.82) is 0 Å². The van der Waals surface area contributed by atoms with Gasteiger partial charge in [-0.15, -0.1) is 0 Å². The largest absolute Gasteiger partial charge is 0.338 e. The van der Waals surface area contributed by atoms with Gasteiger partial charge >= 0.3 is 0 Å². The Morgan fingerprint density at radius 3 is 2.62 bits per heavy atom. The summed E-state index contributed by atoms with van der Waals surface area (Å²) in [7, 11) is 0. The van der Waals surface area contributed by atoms with Gasteiger partial charge in [0.05, 0.1) is 5.02 Å². The molecule has 0 radical (unpaired) electrons. The molecule has 1 amide bonds. The third-order valence-corrected chi connectivity index (χ3v) is 4.64. The summed E-state index contributed by atoms with van der Waals surface area (Å²) in [6, 6.07) is 5.67. The van der Waals surface area contributed by atoms with E-state index in [1.807, 2.05) is 6.92 Å². The van der Waals surface area contributed by atoms with Gasteiger partial charge in [-0.05, 0) is 37.7 Å². The molecule has 0 atom stereocenters. The Kier molecular flexibility index (Phi) is 5.68. The number of nitrogens with one attached hydrogen (secondary N) is 1. The second kappa shape index (κ2) is 7.97. The molecule has 2 heterocycles. The minimum atomic E-state index is -0.531. The van der Waals surface area contributed by atoms with E-state index in [1.165, 1.54) is 18.2 Å². The summed E-state index contributed by atoms with van der Waals surface area (Å²) in [4.78, 5) is 25.9. The van der Waals surface area contributed by atoms with Crippen LogP contribution in [-0.2, 0) is 0 Å². The third-order valence-electron chi connectivity index (χ3n) is 4.35. The Balaban J connectivity index is 1.76. The van der Waals surface area contributed by atoms with Crippen molar-refractivity contribution in [3.8, 4) is 0 Å². The van der Waals surface area contributed by atoms with Crippen LogP contribution >= 0.6 is 11.6 Å². The number of aryl methyl sites for hydroxylation is 1. The van der Waals surface area contributed by atoms with Gasteiger partial charge < -0.3 is 15.1 Å². The summed E-state index contributed by atoms with van der Waals surface area (Å²) in [5, 5.41) is 2.65. The minimum Gasteiger partial charge on any atom is -0.338 e. The van der Waals surface area contributed by atoms with Crippen LogP contribution in [0.3, 0.4) is 0 Å². The number of aromatic nitrogens is 2. The lowest BCUT2D eigenvalue weighted by atomic mass is 10.2. The Labute approximate surface area is 157 Å². The summed E-state index contributed by atoms with van der Waals surface area (Å²) in [6.45, 7) is 8.54. The first-order valence-corrected chi connectivity index (χ1v) is 8.93. The molecule has 3 rings (SSSR count). The number of hydrogen-bond acceptors (Lipinski definition) is 5. The van der Waals surface area contributed by atoms with Crippen molar-refractivity contribution in [3.63, 3.8) is 0 Å². The van der Waals surface area contributed by atoms with Crippen LogP contribution in [0.1, 0.15) is 23.1 Å². The molecule has 0 saturated carbocycles.